The molecule has 0 unspecified atom stereocenters. The number of cyclic esters (lactones) is 1. The van der Waals surface area contributed by atoms with Gasteiger partial charge in [-0.15, -0.1) is 0 Å². The lowest BCUT2D eigenvalue weighted by Gasteiger charge is -2.25. The van der Waals surface area contributed by atoms with Crippen molar-refractivity contribution in [3.05, 3.63) is 120 Å². The van der Waals surface area contributed by atoms with E-state index in [0.29, 0.717) is 19.3 Å². The van der Waals surface area contributed by atoms with Gasteiger partial charge < -0.3 is 24.8 Å². The number of hydrogen-bond donors (Lipinski definition) is 2. The Hall–Kier alpha value is -4.76. The maximum atomic E-state index is 13.7. The highest BCUT2D eigenvalue weighted by molar-refractivity contribution is 5.89. The molecule has 3 aromatic carbocycles. The molecule has 9 nitrogen and oxygen atoms in total. The average molecular weight is 627 g/mol. The summed E-state index contributed by atoms with van der Waals surface area (Å²) >= 11 is 0. The quantitative estimate of drug-likeness (QED) is 0.239. The summed E-state index contributed by atoms with van der Waals surface area (Å²) < 4.78 is 11.2. The van der Waals surface area contributed by atoms with Gasteiger partial charge in [0.05, 0.1) is 18.4 Å². The first kappa shape index (κ1) is 34.1. The van der Waals surface area contributed by atoms with Crippen LogP contribution < -0.4 is 5.32 Å². The van der Waals surface area contributed by atoms with Crippen molar-refractivity contribution in [3.8, 4) is 0 Å². The zero-order chi connectivity index (χ0) is 32.6. The van der Waals surface area contributed by atoms with Gasteiger partial charge in [0.15, 0.2) is 6.04 Å². The number of rotatable bonds is 11. The maximum Gasteiger partial charge on any atom is 0.332 e. The summed E-state index contributed by atoms with van der Waals surface area (Å²) in [4.78, 5) is 55.2. The molecule has 0 spiro atoms. The molecule has 0 radical (unpaired) electrons. The molecule has 0 bridgehead atoms. The molecule has 3 atom stereocenters. The normalized spacial score (nSPS) is 19.0. The first-order valence-corrected chi connectivity index (χ1v) is 15.7. The molecule has 2 amide bonds. The molecular weight excluding hydrogens is 584 g/mol. The van der Waals surface area contributed by atoms with Gasteiger partial charge in [0.2, 0.25) is 11.8 Å². The number of ether oxygens (including phenoxy) is 2. The van der Waals surface area contributed by atoms with Gasteiger partial charge in [0, 0.05) is 19.5 Å². The summed E-state index contributed by atoms with van der Waals surface area (Å²) in [5.74, 6) is -3.29. The van der Waals surface area contributed by atoms with E-state index in [-0.39, 0.29) is 45.1 Å². The second-order valence-corrected chi connectivity index (χ2v) is 11.4. The zero-order valence-electron chi connectivity index (χ0n) is 26.0. The van der Waals surface area contributed by atoms with Gasteiger partial charge in [-0.1, -0.05) is 103 Å². The fraction of sp³-hybridized carbons (Fsp3) is 0.351. The molecule has 0 fully saturated rings. The third-order valence-corrected chi connectivity index (χ3v) is 7.88. The van der Waals surface area contributed by atoms with Crippen LogP contribution >= 0.6 is 0 Å². The molecular formula is C37H42N2O7. The van der Waals surface area contributed by atoms with Crippen molar-refractivity contribution in [2.45, 2.75) is 51.3 Å². The first-order chi connectivity index (χ1) is 22.4. The SMILES string of the molecule is O=C1N[C@@H](C(=O)OCc2ccccc2)COC(=O)[C@@H](Cc2ccccc2)CCC=CC[C@@H]1CC(=O)N(CCO)Cc1ccccc1. The van der Waals surface area contributed by atoms with E-state index in [9.17, 15) is 24.3 Å². The van der Waals surface area contributed by atoms with Gasteiger partial charge in [-0.3, -0.25) is 14.4 Å². The zero-order valence-corrected chi connectivity index (χ0v) is 26.0. The number of amides is 2. The van der Waals surface area contributed by atoms with Gasteiger partial charge >= 0.3 is 11.9 Å². The topological polar surface area (TPSA) is 122 Å². The van der Waals surface area contributed by atoms with Crippen LogP contribution in [-0.4, -0.2) is 59.6 Å². The lowest BCUT2D eigenvalue weighted by atomic mass is 9.94. The monoisotopic (exact) mass is 626 g/mol. The van der Waals surface area contributed by atoms with Crippen molar-refractivity contribution >= 4 is 23.8 Å². The molecule has 4 rings (SSSR count). The number of hydrogen-bond acceptors (Lipinski definition) is 7. The minimum Gasteiger partial charge on any atom is -0.463 e. The molecule has 9 heteroatoms. The van der Waals surface area contributed by atoms with Crippen molar-refractivity contribution in [1.29, 1.82) is 0 Å². The fourth-order valence-electron chi connectivity index (χ4n) is 5.29. The van der Waals surface area contributed by atoms with Gasteiger partial charge in [0.1, 0.15) is 13.2 Å². The van der Waals surface area contributed by atoms with Crippen LogP contribution in [0.4, 0.5) is 0 Å². The summed E-state index contributed by atoms with van der Waals surface area (Å²) in [5.41, 5.74) is 2.66. The number of benzene rings is 3. The first-order valence-electron chi connectivity index (χ1n) is 15.7. The summed E-state index contributed by atoms with van der Waals surface area (Å²) in [6, 6.07) is 26.9. The van der Waals surface area contributed by atoms with Gasteiger partial charge in [0.25, 0.3) is 0 Å². The lowest BCUT2D eigenvalue weighted by molar-refractivity contribution is -0.157. The van der Waals surface area contributed by atoms with Crippen LogP contribution in [0.15, 0.2) is 103 Å². The van der Waals surface area contributed by atoms with E-state index in [1.54, 1.807) is 0 Å². The number of aliphatic hydroxyl groups excluding tert-OH is 1. The second kappa shape index (κ2) is 18.3. The number of carbonyl (C=O) groups is 4. The van der Waals surface area contributed by atoms with Crippen molar-refractivity contribution in [3.63, 3.8) is 0 Å². The number of esters is 2. The van der Waals surface area contributed by atoms with Crippen LogP contribution in [0.3, 0.4) is 0 Å². The highest BCUT2D eigenvalue weighted by Crippen LogP contribution is 2.20. The fourth-order valence-corrected chi connectivity index (χ4v) is 5.29. The van der Waals surface area contributed by atoms with E-state index in [4.69, 9.17) is 9.47 Å². The number of nitrogens with zero attached hydrogens (tertiary/aromatic N) is 1. The predicted octanol–water partition coefficient (Wildman–Crippen LogP) is 4.38. The third-order valence-electron chi connectivity index (χ3n) is 7.88. The van der Waals surface area contributed by atoms with Crippen molar-refractivity contribution in [2.24, 2.45) is 11.8 Å². The number of allylic oxidation sites excluding steroid dienone is 2. The third kappa shape index (κ3) is 11.0. The molecule has 3 aromatic rings. The van der Waals surface area contributed by atoms with Crippen molar-refractivity contribution in [2.75, 3.05) is 19.8 Å². The minimum atomic E-state index is -1.27. The van der Waals surface area contributed by atoms with Crippen LogP contribution in [-0.2, 0) is 48.2 Å². The van der Waals surface area contributed by atoms with E-state index in [0.717, 1.165) is 16.7 Å². The molecule has 0 saturated carbocycles. The maximum absolute atomic E-state index is 13.7. The second-order valence-electron chi connectivity index (χ2n) is 11.4. The Morgan fingerprint density at radius 1 is 0.848 bits per heavy atom. The largest absolute Gasteiger partial charge is 0.463 e. The van der Waals surface area contributed by atoms with Gasteiger partial charge in [-0.2, -0.15) is 0 Å². The summed E-state index contributed by atoms with van der Waals surface area (Å²) in [6.07, 6.45) is 5.43. The Bertz CT molecular complexity index is 1430. The molecule has 0 saturated heterocycles. The minimum absolute atomic E-state index is 0.0170. The highest BCUT2D eigenvalue weighted by atomic mass is 16.6. The molecule has 1 heterocycles. The van der Waals surface area contributed by atoms with Crippen LogP contribution in [0, 0.1) is 11.8 Å². The predicted molar refractivity (Wildman–Crippen MR) is 173 cm³/mol. The van der Waals surface area contributed by atoms with E-state index < -0.39 is 42.3 Å². The molecule has 2 N–H and O–H groups in total. The smallest absolute Gasteiger partial charge is 0.332 e. The summed E-state index contributed by atoms with van der Waals surface area (Å²) in [7, 11) is 0. The Labute approximate surface area is 270 Å². The molecule has 1 aliphatic rings. The van der Waals surface area contributed by atoms with E-state index in [2.05, 4.69) is 5.32 Å². The van der Waals surface area contributed by atoms with E-state index in [1.807, 2.05) is 103 Å². The molecule has 242 valence electrons. The Balaban J connectivity index is 1.52. The van der Waals surface area contributed by atoms with Crippen molar-refractivity contribution in [1.82, 2.24) is 10.2 Å². The van der Waals surface area contributed by atoms with Crippen molar-refractivity contribution < 1.29 is 33.8 Å². The van der Waals surface area contributed by atoms with Crippen LogP contribution in [0.5, 0.6) is 0 Å². The highest BCUT2D eigenvalue weighted by Gasteiger charge is 2.31. The Morgan fingerprint density at radius 2 is 1.48 bits per heavy atom. The Morgan fingerprint density at radius 3 is 2.13 bits per heavy atom. The van der Waals surface area contributed by atoms with Crippen LogP contribution in [0.25, 0.3) is 0 Å². The van der Waals surface area contributed by atoms with Gasteiger partial charge in [-0.25, -0.2) is 4.79 Å². The number of aliphatic hydroxyl groups is 1. The van der Waals surface area contributed by atoms with Gasteiger partial charge in [-0.05, 0) is 42.4 Å². The molecule has 1 aliphatic heterocycles. The van der Waals surface area contributed by atoms with E-state index >= 15 is 0 Å². The number of carbonyl (C=O) groups excluding carboxylic acids is 4. The summed E-state index contributed by atoms with van der Waals surface area (Å²) in [5, 5.41) is 12.4. The molecule has 0 aromatic heterocycles. The molecule has 46 heavy (non-hydrogen) atoms. The summed E-state index contributed by atoms with van der Waals surface area (Å²) in [6.45, 7) is -0.234. The standard InChI is InChI=1S/C37H42N2O7/c40-22-21-39(25-29-15-7-2-8-16-29)34(41)24-31-19-11-4-12-20-32(23-28-13-5-1-6-14-28)36(43)46-27-33(38-35(31)42)37(44)45-26-30-17-9-3-10-18-30/h1-11,13-18,31-33,40H,12,19-27H2,(H,38,42)/t31-,32-,33-/m1/s1. The average Bonchev–Trinajstić information content (AvgIpc) is 3.09. The number of nitrogens with one attached hydrogen (secondary N) is 1. The van der Waals surface area contributed by atoms with E-state index in [1.165, 1.54) is 4.90 Å². The lowest BCUT2D eigenvalue weighted by Crippen LogP contribution is -2.48. The molecule has 0 aliphatic carbocycles. The Kier molecular flexibility index (Phi) is 13.5. The van der Waals surface area contributed by atoms with Crippen LogP contribution in [0.2, 0.25) is 0 Å². The van der Waals surface area contributed by atoms with Crippen LogP contribution in [0.1, 0.15) is 42.4 Å².